The van der Waals surface area contributed by atoms with E-state index in [4.69, 9.17) is 0 Å². The average Bonchev–Trinajstić information content (AvgIpc) is 2.17. The molecule has 3 heteroatoms. The Kier molecular flexibility index (Phi) is 4.82. The van der Waals surface area contributed by atoms with E-state index in [9.17, 15) is 4.79 Å². The first-order chi connectivity index (χ1) is 7.09. The molecule has 1 unspecified atom stereocenters. The molecule has 1 rings (SSSR count). The molecule has 1 aromatic carbocycles. The highest BCUT2D eigenvalue weighted by Gasteiger charge is 2.06. The second-order valence-corrected chi connectivity index (χ2v) is 5.02. The summed E-state index contributed by atoms with van der Waals surface area (Å²) >= 11 is 3.23. The van der Waals surface area contributed by atoms with E-state index in [0.29, 0.717) is 6.54 Å². The molecule has 0 fully saturated rings. The number of carbonyl (C=O) groups excluding carboxylic acids is 1. The molecule has 0 saturated heterocycles. The van der Waals surface area contributed by atoms with Gasteiger partial charge < -0.3 is 5.32 Å². The minimum absolute atomic E-state index is 0.0441. The smallest absolute Gasteiger partial charge is 0.233 e. The Balaban J connectivity index is 2.35. The molecule has 0 saturated carbocycles. The van der Waals surface area contributed by atoms with Crippen molar-refractivity contribution in [2.75, 3.05) is 6.54 Å². The molecule has 1 aromatic rings. The summed E-state index contributed by atoms with van der Waals surface area (Å²) in [6, 6.07) is 8.34. The number of hydrogen-bond acceptors (Lipinski definition) is 1. The molecule has 1 atom stereocenters. The van der Waals surface area contributed by atoms with Crippen LogP contribution in [0.15, 0.2) is 24.3 Å². The van der Waals surface area contributed by atoms with Gasteiger partial charge in [-0.25, -0.2) is 0 Å². The molecule has 82 valence electrons. The predicted molar refractivity (Wildman–Crippen MR) is 66.3 cm³/mol. The number of halogens is 1. The summed E-state index contributed by atoms with van der Waals surface area (Å²) in [6.07, 6.45) is 0.882. The van der Waals surface area contributed by atoms with Crippen molar-refractivity contribution in [2.24, 2.45) is 0 Å². The molecule has 1 amide bonds. The van der Waals surface area contributed by atoms with E-state index in [0.717, 1.165) is 6.42 Å². The summed E-state index contributed by atoms with van der Waals surface area (Å²) in [4.78, 5) is 11.1. The third-order valence-corrected chi connectivity index (χ3v) is 2.57. The fourth-order valence-electron chi connectivity index (χ4n) is 1.34. The van der Waals surface area contributed by atoms with Gasteiger partial charge in [0, 0.05) is 6.54 Å². The van der Waals surface area contributed by atoms with Crippen LogP contribution in [0.5, 0.6) is 0 Å². The van der Waals surface area contributed by atoms with Crippen molar-refractivity contribution >= 4 is 21.8 Å². The molecular formula is C12H16BrNO. The maximum absolute atomic E-state index is 11.2. The zero-order valence-corrected chi connectivity index (χ0v) is 10.7. The van der Waals surface area contributed by atoms with Crippen molar-refractivity contribution in [1.29, 1.82) is 0 Å². The van der Waals surface area contributed by atoms with E-state index in [-0.39, 0.29) is 10.7 Å². The molecule has 2 nitrogen and oxygen atoms in total. The van der Waals surface area contributed by atoms with Gasteiger partial charge in [0.05, 0.1) is 4.83 Å². The zero-order valence-electron chi connectivity index (χ0n) is 9.09. The minimum Gasteiger partial charge on any atom is -0.355 e. The maximum atomic E-state index is 11.2. The lowest BCUT2D eigenvalue weighted by Gasteiger charge is -2.06. The lowest BCUT2D eigenvalue weighted by atomic mass is 10.1. The maximum Gasteiger partial charge on any atom is 0.233 e. The molecule has 0 aromatic heterocycles. The standard InChI is InChI=1S/C12H16BrNO/c1-9-4-3-5-11(8-9)6-7-14-12(15)10(2)13/h3-5,8,10H,6-7H2,1-2H3,(H,14,15). The highest BCUT2D eigenvalue weighted by atomic mass is 79.9. The van der Waals surface area contributed by atoms with Crippen molar-refractivity contribution in [2.45, 2.75) is 25.1 Å². The predicted octanol–water partition coefficient (Wildman–Crippen LogP) is 2.44. The lowest BCUT2D eigenvalue weighted by molar-refractivity contribution is -0.120. The van der Waals surface area contributed by atoms with Gasteiger partial charge in [-0.2, -0.15) is 0 Å². The minimum atomic E-state index is -0.116. The Labute approximate surface area is 99.2 Å². The largest absolute Gasteiger partial charge is 0.355 e. The monoisotopic (exact) mass is 269 g/mol. The van der Waals surface area contributed by atoms with Crippen LogP contribution < -0.4 is 5.32 Å². The van der Waals surface area contributed by atoms with Crippen LogP contribution in [0.25, 0.3) is 0 Å². The average molecular weight is 270 g/mol. The van der Waals surface area contributed by atoms with Crippen molar-refractivity contribution < 1.29 is 4.79 Å². The third-order valence-electron chi connectivity index (χ3n) is 2.16. The van der Waals surface area contributed by atoms with Gasteiger partial charge >= 0.3 is 0 Å². The fourth-order valence-corrected chi connectivity index (χ4v) is 1.50. The number of hydrogen-bond donors (Lipinski definition) is 1. The van der Waals surface area contributed by atoms with Gasteiger partial charge in [0.25, 0.3) is 0 Å². The number of carbonyl (C=O) groups is 1. The van der Waals surface area contributed by atoms with Gasteiger partial charge in [-0.3, -0.25) is 4.79 Å². The first-order valence-corrected chi connectivity index (χ1v) is 5.98. The van der Waals surface area contributed by atoms with E-state index in [1.54, 1.807) is 0 Å². The first kappa shape index (κ1) is 12.2. The number of rotatable bonds is 4. The van der Waals surface area contributed by atoms with Crippen molar-refractivity contribution in [1.82, 2.24) is 5.32 Å². The van der Waals surface area contributed by atoms with E-state index in [2.05, 4.69) is 46.4 Å². The number of amides is 1. The lowest BCUT2D eigenvalue weighted by Crippen LogP contribution is -2.31. The molecule has 0 spiro atoms. The van der Waals surface area contributed by atoms with Crippen LogP contribution in [0.4, 0.5) is 0 Å². The highest BCUT2D eigenvalue weighted by Crippen LogP contribution is 2.04. The number of alkyl halides is 1. The Morgan fingerprint density at radius 1 is 1.53 bits per heavy atom. The van der Waals surface area contributed by atoms with Gasteiger partial charge in [-0.1, -0.05) is 45.8 Å². The highest BCUT2D eigenvalue weighted by molar-refractivity contribution is 9.10. The van der Waals surface area contributed by atoms with Gasteiger partial charge in [0.2, 0.25) is 5.91 Å². The van der Waals surface area contributed by atoms with Crippen LogP contribution in [0.2, 0.25) is 0 Å². The summed E-state index contributed by atoms with van der Waals surface area (Å²) in [7, 11) is 0. The quantitative estimate of drug-likeness (QED) is 0.836. The van der Waals surface area contributed by atoms with E-state index in [1.165, 1.54) is 11.1 Å². The van der Waals surface area contributed by atoms with E-state index >= 15 is 0 Å². The molecule has 0 bridgehead atoms. The number of nitrogens with one attached hydrogen (secondary N) is 1. The molecule has 0 aliphatic heterocycles. The molecular weight excluding hydrogens is 254 g/mol. The second-order valence-electron chi connectivity index (χ2n) is 3.65. The normalized spacial score (nSPS) is 12.2. The Morgan fingerprint density at radius 2 is 2.27 bits per heavy atom. The molecule has 0 aliphatic rings. The summed E-state index contributed by atoms with van der Waals surface area (Å²) < 4.78 is 0. The summed E-state index contributed by atoms with van der Waals surface area (Å²) in [5, 5.41) is 2.86. The topological polar surface area (TPSA) is 29.1 Å². The summed E-state index contributed by atoms with van der Waals surface area (Å²) in [5.41, 5.74) is 2.52. The molecule has 15 heavy (non-hydrogen) atoms. The van der Waals surface area contributed by atoms with Crippen molar-refractivity contribution in [3.8, 4) is 0 Å². The van der Waals surface area contributed by atoms with Gasteiger partial charge in [-0.15, -0.1) is 0 Å². The Bertz CT molecular complexity index is 336. The fraction of sp³-hybridized carbons (Fsp3) is 0.417. The van der Waals surface area contributed by atoms with E-state index in [1.807, 2.05) is 13.0 Å². The van der Waals surface area contributed by atoms with Crippen LogP contribution >= 0.6 is 15.9 Å². The Morgan fingerprint density at radius 3 is 2.87 bits per heavy atom. The van der Waals surface area contributed by atoms with Gasteiger partial charge in [0.15, 0.2) is 0 Å². The first-order valence-electron chi connectivity index (χ1n) is 5.07. The van der Waals surface area contributed by atoms with Gasteiger partial charge in [-0.05, 0) is 25.8 Å². The summed E-state index contributed by atoms with van der Waals surface area (Å²) in [6.45, 7) is 4.59. The van der Waals surface area contributed by atoms with Crippen LogP contribution in [-0.2, 0) is 11.2 Å². The molecule has 0 radical (unpaired) electrons. The summed E-state index contributed by atoms with van der Waals surface area (Å²) in [5.74, 6) is 0.0441. The van der Waals surface area contributed by atoms with Crippen molar-refractivity contribution in [3.63, 3.8) is 0 Å². The number of benzene rings is 1. The third kappa shape index (κ3) is 4.47. The zero-order chi connectivity index (χ0) is 11.3. The molecule has 1 N–H and O–H groups in total. The SMILES string of the molecule is Cc1cccc(CCNC(=O)C(C)Br)c1. The van der Waals surface area contributed by atoms with Gasteiger partial charge in [0.1, 0.15) is 0 Å². The van der Waals surface area contributed by atoms with Crippen LogP contribution in [-0.4, -0.2) is 17.3 Å². The van der Waals surface area contributed by atoms with Crippen LogP contribution in [0, 0.1) is 6.92 Å². The van der Waals surface area contributed by atoms with E-state index < -0.39 is 0 Å². The van der Waals surface area contributed by atoms with Crippen LogP contribution in [0.3, 0.4) is 0 Å². The second kappa shape index (κ2) is 5.91. The molecule has 0 heterocycles. The van der Waals surface area contributed by atoms with Crippen LogP contribution in [0.1, 0.15) is 18.1 Å². The number of aryl methyl sites for hydroxylation is 1. The van der Waals surface area contributed by atoms with Crippen molar-refractivity contribution in [3.05, 3.63) is 35.4 Å². The Hall–Kier alpha value is -0.830. The molecule has 0 aliphatic carbocycles.